The second kappa shape index (κ2) is 7.68. The molecule has 2 fully saturated rings. The van der Waals surface area contributed by atoms with Crippen LogP contribution in [0.1, 0.15) is 60.6 Å². The predicted molar refractivity (Wildman–Crippen MR) is 104 cm³/mol. The summed E-state index contributed by atoms with van der Waals surface area (Å²) in [5.74, 6) is -0.968. The summed E-state index contributed by atoms with van der Waals surface area (Å²) in [6.07, 6.45) is 12.4. The molecule has 0 spiro atoms. The van der Waals surface area contributed by atoms with Crippen LogP contribution in [0.4, 0.5) is 11.4 Å². The molecule has 4 rings (SSSR count). The normalized spacial score (nSPS) is 21.4. The third kappa shape index (κ3) is 3.69. The van der Waals surface area contributed by atoms with E-state index in [9.17, 15) is 9.90 Å². The average Bonchev–Trinajstić information content (AvgIpc) is 2.82. The molecule has 0 unspecified atom stereocenters. The van der Waals surface area contributed by atoms with Crippen molar-refractivity contribution < 1.29 is 9.90 Å². The summed E-state index contributed by atoms with van der Waals surface area (Å²) in [5, 5.41) is 17.2. The van der Waals surface area contributed by atoms with E-state index in [1.54, 1.807) is 12.4 Å². The first-order chi connectivity index (χ1) is 13.1. The minimum absolute atomic E-state index is 0.211. The fourth-order valence-corrected chi connectivity index (χ4v) is 4.20. The third-order valence-corrected chi connectivity index (χ3v) is 6.03. The monoisotopic (exact) mass is 369 g/mol. The van der Waals surface area contributed by atoms with Gasteiger partial charge in [0.25, 0.3) is 0 Å². The van der Waals surface area contributed by atoms with E-state index >= 15 is 0 Å². The Morgan fingerprint density at radius 1 is 1.11 bits per heavy atom. The van der Waals surface area contributed by atoms with Crippen LogP contribution in [-0.4, -0.2) is 49.9 Å². The number of aromatic carboxylic acids is 1. The summed E-state index contributed by atoms with van der Waals surface area (Å²) in [6, 6.07) is 2.71. The highest BCUT2D eigenvalue weighted by molar-refractivity contribution is 5.94. The van der Waals surface area contributed by atoms with Gasteiger partial charge in [-0.2, -0.15) is 5.10 Å². The Hall–Kier alpha value is -2.41. The zero-order valence-electron chi connectivity index (χ0n) is 15.8. The smallest absolute Gasteiger partial charge is 0.337 e. The minimum Gasteiger partial charge on any atom is -0.478 e. The van der Waals surface area contributed by atoms with Gasteiger partial charge in [-0.05, 0) is 51.6 Å². The minimum atomic E-state index is -0.968. The zero-order valence-corrected chi connectivity index (χ0v) is 15.8. The van der Waals surface area contributed by atoms with E-state index in [1.807, 2.05) is 6.92 Å². The lowest BCUT2D eigenvalue weighted by Gasteiger charge is -2.36. The number of carboxylic acid groups (broad SMARTS) is 1. The molecule has 2 aromatic heterocycles. The van der Waals surface area contributed by atoms with Crippen molar-refractivity contribution in [2.45, 2.75) is 57.5 Å². The quantitative estimate of drug-likeness (QED) is 0.838. The van der Waals surface area contributed by atoms with E-state index in [0.29, 0.717) is 11.7 Å². The standard InChI is InChI=1S/C20H27N5O2/c1-14-18(23-19-12-21-9-7-17(19)20(26)27)13-22-25(14)16-6-3-10-24(11-8-16)15-4-2-5-15/h7,9,12-13,15-16,23H,2-6,8,10-11H2,1H3,(H,26,27)/t16-/m1/s1. The third-order valence-electron chi connectivity index (χ3n) is 6.03. The molecule has 144 valence electrons. The van der Waals surface area contributed by atoms with Crippen molar-refractivity contribution >= 4 is 17.3 Å². The maximum atomic E-state index is 11.4. The summed E-state index contributed by atoms with van der Waals surface area (Å²) < 4.78 is 2.11. The fraction of sp³-hybridized carbons (Fsp3) is 0.550. The molecule has 0 bridgehead atoms. The summed E-state index contributed by atoms with van der Waals surface area (Å²) >= 11 is 0. The van der Waals surface area contributed by atoms with E-state index in [4.69, 9.17) is 0 Å². The van der Waals surface area contributed by atoms with Crippen molar-refractivity contribution in [1.29, 1.82) is 0 Å². The van der Waals surface area contributed by atoms with Gasteiger partial charge in [0.1, 0.15) is 0 Å². The Kier molecular flexibility index (Phi) is 5.11. The van der Waals surface area contributed by atoms with Gasteiger partial charge in [0, 0.05) is 18.8 Å². The first kappa shape index (κ1) is 18.0. The molecule has 2 N–H and O–H groups in total. The number of anilines is 2. The summed E-state index contributed by atoms with van der Waals surface area (Å²) in [6.45, 7) is 4.38. The van der Waals surface area contributed by atoms with Crippen molar-refractivity contribution in [1.82, 2.24) is 19.7 Å². The van der Waals surface area contributed by atoms with E-state index < -0.39 is 5.97 Å². The molecule has 1 atom stereocenters. The number of carbonyl (C=O) groups is 1. The molecule has 1 saturated carbocycles. The van der Waals surface area contributed by atoms with Crippen LogP contribution in [0.5, 0.6) is 0 Å². The second-order valence-electron chi connectivity index (χ2n) is 7.65. The first-order valence-electron chi connectivity index (χ1n) is 9.86. The molecule has 27 heavy (non-hydrogen) atoms. The largest absolute Gasteiger partial charge is 0.478 e. The lowest BCUT2D eigenvalue weighted by atomic mass is 9.91. The van der Waals surface area contributed by atoms with Crippen LogP contribution in [-0.2, 0) is 0 Å². The molecule has 1 saturated heterocycles. The summed E-state index contributed by atoms with van der Waals surface area (Å²) in [4.78, 5) is 18.1. The molecular weight excluding hydrogens is 342 g/mol. The lowest BCUT2D eigenvalue weighted by Crippen LogP contribution is -2.40. The summed E-state index contributed by atoms with van der Waals surface area (Å²) in [5.41, 5.74) is 2.58. The van der Waals surface area contributed by atoms with Crippen LogP contribution >= 0.6 is 0 Å². The van der Waals surface area contributed by atoms with Crippen molar-refractivity contribution in [3.05, 3.63) is 35.9 Å². The Labute approximate surface area is 159 Å². The lowest BCUT2D eigenvalue weighted by molar-refractivity contribution is 0.0698. The molecule has 0 radical (unpaired) electrons. The van der Waals surface area contributed by atoms with E-state index in [2.05, 4.69) is 25.0 Å². The number of aromatic nitrogens is 3. The molecule has 1 aliphatic carbocycles. The van der Waals surface area contributed by atoms with Crippen LogP contribution in [0, 0.1) is 6.92 Å². The molecule has 2 aliphatic rings. The number of nitrogens with one attached hydrogen (secondary N) is 1. The highest BCUT2D eigenvalue weighted by atomic mass is 16.4. The number of likely N-dealkylation sites (tertiary alicyclic amines) is 1. The maximum absolute atomic E-state index is 11.4. The Morgan fingerprint density at radius 3 is 2.67 bits per heavy atom. The van der Waals surface area contributed by atoms with Crippen molar-refractivity contribution in [2.24, 2.45) is 0 Å². The van der Waals surface area contributed by atoms with Gasteiger partial charge in [-0.15, -0.1) is 0 Å². The number of rotatable bonds is 5. The molecule has 7 heteroatoms. The van der Waals surface area contributed by atoms with E-state index in [0.717, 1.165) is 36.8 Å². The highest BCUT2D eigenvalue weighted by Crippen LogP contribution is 2.32. The Bertz CT molecular complexity index is 814. The average molecular weight is 369 g/mol. The second-order valence-corrected chi connectivity index (χ2v) is 7.65. The van der Waals surface area contributed by atoms with E-state index in [-0.39, 0.29) is 5.56 Å². The van der Waals surface area contributed by atoms with Crippen molar-refractivity contribution in [3.63, 3.8) is 0 Å². The van der Waals surface area contributed by atoms with Crippen LogP contribution in [0.2, 0.25) is 0 Å². The zero-order chi connectivity index (χ0) is 18.8. The van der Waals surface area contributed by atoms with Gasteiger partial charge in [-0.1, -0.05) is 6.42 Å². The number of carboxylic acids is 1. The molecule has 2 aromatic rings. The van der Waals surface area contributed by atoms with Gasteiger partial charge < -0.3 is 15.3 Å². The molecule has 7 nitrogen and oxygen atoms in total. The highest BCUT2D eigenvalue weighted by Gasteiger charge is 2.28. The van der Waals surface area contributed by atoms with E-state index in [1.165, 1.54) is 44.5 Å². The van der Waals surface area contributed by atoms with Gasteiger partial charge >= 0.3 is 5.97 Å². The number of pyridine rings is 1. The maximum Gasteiger partial charge on any atom is 0.337 e. The van der Waals surface area contributed by atoms with Gasteiger partial charge in [-0.3, -0.25) is 9.67 Å². The fourth-order valence-electron chi connectivity index (χ4n) is 4.20. The molecule has 1 aliphatic heterocycles. The SMILES string of the molecule is Cc1c(Nc2cnccc2C(=O)O)cnn1[C@@H]1CCCN(C2CCC2)CC1. The van der Waals surface area contributed by atoms with Crippen molar-refractivity contribution in [2.75, 3.05) is 18.4 Å². The topological polar surface area (TPSA) is 83.3 Å². The number of hydrogen-bond acceptors (Lipinski definition) is 5. The van der Waals surface area contributed by atoms with Gasteiger partial charge in [0.15, 0.2) is 0 Å². The molecule has 0 amide bonds. The van der Waals surface area contributed by atoms with Gasteiger partial charge in [0.05, 0.1) is 41.1 Å². The molecule has 3 heterocycles. The Balaban J connectivity index is 1.48. The van der Waals surface area contributed by atoms with Crippen LogP contribution in [0.3, 0.4) is 0 Å². The number of nitrogens with zero attached hydrogens (tertiary/aromatic N) is 4. The Morgan fingerprint density at radius 2 is 1.93 bits per heavy atom. The van der Waals surface area contributed by atoms with Crippen LogP contribution < -0.4 is 5.32 Å². The predicted octanol–water partition coefficient (Wildman–Crippen LogP) is 3.61. The molecule has 0 aromatic carbocycles. The first-order valence-corrected chi connectivity index (χ1v) is 9.86. The van der Waals surface area contributed by atoms with Crippen molar-refractivity contribution in [3.8, 4) is 0 Å². The summed E-state index contributed by atoms with van der Waals surface area (Å²) in [7, 11) is 0. The van der Waals surface area contributed by atoms with Gasteiger partial charge in [-0.25, -0.2) is 4.79 Å². The molecular formula is C20H27N5O2. The van der Waals surface area contributed by atoms with Gasteiger partial charge in [0.2, 0.25) is 0 Å². The van der Waals surface area contributed by atoms with Crippen LogP contribution in [0.25, 0.3) is 0 Å². The van der Waals surface area contributed by atoms with Crippen LogP contribution in [0.15, 0.2) is 24.7 Å². The number of hydrogen-bond donors (Lipinski definition) is 2.